The predicted molar refractivity (Wildman–Crippen MR) is 136 cm³/mol. The average Bonchev–Trinajstić information content (AvgIpc) is 3.21. The van der Waals surface area contributed by atoms with Gasteiger partial charge in [-0.3, -0.25) is 9.80 Å². The summed E-state index contributed by atoms with van der Waals surface area (Å²) >= 11 is 1.68. The quantitative estimate of drug-likeness (QED) is 0.425. The Bertz CT molecular complexity index is 1230. The number of aliphatic hydroxyl groups is 1. The molecule has 4 aromatic rings. The Balaban J connectivity index is 1.12. The van der Waals surface area contributed by atoms with Gasteiger partial charge in [-0.1, -0.05) is 42.5 Å². The molecule has 1 fully saturated rings. The van der Waals surface area contributed by atoms with E-state index in [2.05, 4.69) is 64.2 Å². The van der Waals surface area contributed by atoms with Gasteiger partial charge in [0.15, 0.2) is 0 Å². The van der Waals surface area contributed by atoms with Crippen molar-refractivity contribution in [2.75, 3.05) is 39.3 Å². The Morgan fingerprint density at radius 2 is 1.82 bits per heavy atom. The van der Waals surface area contributed by atoms with E-state index in [9.17, 15) is 5.11 Å². The monoisotopic (exact) mass is 461 g/mol. The number of aryl methyl sites for hydroxylation is 1. The van der Waals surface area contributed by atoms with Gasteiger partial charge in [0.2, 0.25) is 0 Å². The van der Waals surface area contributed by atoms with E-state index in [1.807, 2.05) is 25.1 Å². The molecule has 5 nitrogen and oxygen atoms in total. The molecule has 2 heterocycles. The molecule has 0 unspecified atom stereocenters. The summed E-state index contributed by atoms with van der Waals surface area (Å²) in [5.74, 6) is 0.764. The Morgan fingerprint density at radius 1 is 1.03 bits per heavy atom. The molecule has 172 valence electrons. The molecule has 3 aromatic carbocycles. The van der Waals surface area contributed by atoms with Crippen LogP contribution in [0.1, 0.15) is 23.5 Å². The number of benzene rings is 3. The average molecular weight is 462 g/mol. The van der Waals surface area contributed by atoms with Crippen LogP contribution >= 0.6 is 11.3 Å². The van der Waals surface area contributed by atoms with Crippen LogP contribution in [0.3, 0.4) is 0 Å². The fourth-order valence-corrected chi connectivity index (χ4v) is 5.61. The zero-order chi connectivity index (χ0) is 22.8. The first-order valence-corrected chi connectivity index (χ1v) is 12.5. The van der Waals surface area contributed by atoms with E-state index in [0.717, 1.165) is 47.2 Å². The number of hydrogen-bond acceptors (Lipinski definition) is 6. The number of thiazole rings is 1. The lowest BCUT2D eigenvalue weighted by Crippen LogP contribution is -2.49. The third-order valence-corrected chi connectivity index (χ3v) is 7.56. The van der Waals surface area contributed by atoms with E-state index >= 15 is 0 Å². The zero-order valence-corrected chi connectivity index (χ0v) is 20.1. The van der Waals surface area contributed by atoms with Gasteiger partial charge in [-0.05, 0) is 42.3 Å². The second-order valence-electron chi connectivity index (χ2n) is 8.91. The molecular formula is C27H31N3O2S. The summed E-state index contributed by atoms with van der Waals surface area (Å²) in [6.45, 7) is 9.15. The SMILES string of the molecule is Cc1nc2cc(OC[C@H](O)CN3CCN([C@H](C)c4cccc5ccccc45)CC3)ccc2s1. The standard InChI is InChI=1S/C27H31N3O2S/c1-19(24-9-5-7-21-6-3-4-8-25(21)24)30-14-12-29(13-15-30)17-22(31)18-32-23-10-11-27-26(16-23)28-20(2)33-27/h3-11,16,19,22,31H,12-15,17-18H2,1-2H3/t19-,22-/m1/s1. The lowest BCUT2D eigenvalue weighted by atomic mass is 9.98. The van der Waals surface area contributed by atoms with E-state index in [1.165, 1.54) is 16.3 Å². The van der Waals surface area contributed by atoms with Crippen LogP contribution in [0.2, 0.25) is 0 Å². The number of rotatable bonds is 7. The molecule has 0 radical (unpaired) electrons. The number of hydrogen-bond donors (Lipinski definition) is 1. The summed E-state index contributed by atoms with van der Waals surface area (Å²) in [4.78, 5) is 9.41. The molecule has 5 rings (SSSR count). The van der Waals surface area contributed by atoms with Crippen molar-refractivity contribution in [3.63, 3.8) is 0 Å². The fourth-order valence-electron chi connectivity index (χ4n) is 4.80. The number of ether oxygens (including phenoxy) is 1. The molecular weight excluding hydrogens is 430 g/mol. The molecule has 0 bridgehead atoms. The Hall–Kier alpha value is -2.51. The number of fused-ring (bicyclic) bond motifs is 2. The summed E-state index contributed by atoms with van der Waals surface area (Å²) in [6.07, 6.45) is -0.514. The van der Waals surface area contributed by atoms with Crippen LogP contribution < -0.4 is 4.74 Å². The van der Waals surface area contributed by atoms with Gasteiger partial charge >= 0.3 is 0 Å². The molecule has 0 amide bonds. The van der Waals surface area contributed by atoms with E-state index in [4.69, 9.17) is 4.74 Å². The van der Waals surface area contributed by atoms with Crippen molar-refractivity contribution in [2.45, 2.75) is 26.0 Å². The summed E-state index contributed by atoms with van der Waals surface area (Å²) in [7, 11) is 0. The smallest absolute Gasteiger partial charge is 0.121 e. The molecule has 1 aliphatic rings. The van der Waals surface area contributed by atoms with Crippen molar-refractivity contribution in [1.82, 2.24) is 14.8 Å². The summed E-state index contributed by atoms with van der Waals surface area (Å²) in [6, 6.07) is 21.6. The van der Waals surface area contributed by atoms with Gasteiger partial charge in [-0.2, -0.15) is 0 Å². The maximum atomic E-state index is 10.6. The van der Waals surface area contributed by atoms with Crippen LogP contribution in [0.25, 0.3) is 21.0 Å². The van der Waals surface area contributed by atoms with Crippen LogP contribution in [0.5, 0.6) is 5.75 Å². The van der Waals surface area contributed by atoms with Crippen LogP contribution in [0, 0.1) is 6.92 Å². The van der Waals surface area contributed by atoms with Gasteiger partial charge in [-0.15, -0.1) is 11.3 Å². The minimum Gasteiger partial charge on any atom is -0.491 e. The Labute approximate surface area is 199 Å². The van der Waals surface area contributed by atoms with Crippen molar-refractivity contribution in [3.05, 3.63) is 71.2 Å². The lowest BCUT2D eigenvalue weighted by molar-refractivity contribution is 0.0382. The van der Waals surface area contributed by atoms with Crippen LogP contribution in [-0.4, -0.2) is 65.3 Å². The number of aliphatic hydroxyl groups excluding tert-OH is 1. The van der Waals surface area contributed by atoms with Crippen LogP contribution in [0.4, 0.5) is 0 Å². The summed E-state index contributed by atoms with van der Waals surface area (Å²) in [5, 5.41) is 14.2. The summed E-state index contributed by atoms with van der Waals surface area (Å²) < 4.78 is 7.03. The maximum absolute atomic E-state index is 10.6. The first kappa shape index (κ1) is 22.3. The van der Waals surface area contributed by atoms with Gasteiger partial charge in [-0.25, -0.2) is 4.98 Å². The number of nitrogens with zero attached hydrogens (tertiary/aromatic N) is 3. The van der Waals surface area contributed by atoms with Crippen molar-refractivity contribution < 1.29 is 9.84 Å². The van der Waals surface area contributed by atoms with Gasteiger partial charge in [0.25, 0.3) is 0 Å². The highest BCUT2D eigenvalue weighted by atomic mass is 32.1. The minimum atomic E-state index is -0.514. The molecule has 1 aromatic heterocycles. The third kappa shape index (κ3) is 5.04. The van der Waals surface area contributed by atoms with E-state index < -0.39 is 6.10 Å². The largest absolute Gasteiger partial charge is 0.491 e. The number of aromatic nitrogens is 1. The topological polar surface area (TPSA) is 48.8 Å². The maximum Gasteiger partial charge on any atom is 0.121 e. The Kier molecular flexibility index (Phi) is 6.60. The molecule has 0 aliphatic carbocycles. The molecule has 6 heteroatoms. The molecule has 0 saturated carbocycles. The molecule has 1 N–H and O–H groups in total. The van der Waals surface area contributed by atoms with Gasteiger partial charge in [0, 0.05) is 44.8 Å². The van der Waals surface area contributed by atoms with Crippen molar-refractivity contribution in [1.29, 1.82) is 0 Å². The highest BCUT2D eigenvalue weighted by molar-refractivity contribution is 7.18. The highest BCUT2D eigenvalue weighted by Crippen LogP contribution is 2.29. The number of β-amino-alcohol motifs (C(OH)–C–C–N with tert-alkyl or cyclic N) is 1. The first-order chi connectivity index (χ1) is 16.1. The molecule has 0 spiro atoms. The lowest BCUT2D eigenvalue weighted by Gasteiger charge is -2.39. The fraction of sp³-hybridized carbons (Fsp3) is 0.370. The van der Waals surface area contributed by atoms with E-state index in [0.29, 0.717) is 19.2 Å². The van der Waals surface area contributed by atoms with E-state index in [-0.39, 0.29) is 0 Å². The van der Waals surface area contributed by atoms with E-state index in [1.54, 1.807) is 11.3 Å². The van der Waals surface area contributed by atoms with Crippen LogP contribution in [0.15, 0.2) is 60.7 Å². The predicted octanol–water partition coefficient (Wildman–Crippen LogP) is 4.88. The second kappa shape index (κ2) is 9.77. The van der Waals surface area contributed by atoms with Crippen molar-refractivity contribution >= 4 is 32.3 Å². The van der Waals surface area contributed by atoms with Crippen LogP contribution in [-0.2, 0) is 0 Å². The molecule has 1 saturated heterocycles. The minimum absolute atomic E-state index is 0.293. The van der Waals surface area contributed by atoms with Gasteiger partial charge < -0.3 is 9.84 Å². The Morgan fingerprint density at radius 3 is 2.67 bits per heavy atom. The molecule has 1 aliphatic heterocycles. The van der Waals surface area contributed by atoms with Crippen molar-refractivity contribution in [3.8, 4) is 5.75 Å². The summed E-state index contributed by atoms with van der Waals surface area (Å²) in [5.41, 5.74) is 2.35. The van der Waals surface area contributed by atoms with Gasteiger partial charge in [0.05, 0.1) is 15.2 Å². The normalized spacial score (nSPS) is 17.4. The molecule has 2 atom stereocenters. The zero-order valence-electron chi connectivity index (χ0n) is 19.3. The third-order valence-electron chi connectivity index (χ3n) is 6.61. The van der Waals surface area contributed by atoms with Crippen molar-refractivity contribution in [2.24, 2.45) is 0 Å². The highest BCUT2D eigenvalue weighted by Gasteiger charge is 2.24. The molecule has 33 heavy (non-hydrogen) atoms. The second-order valence-corrected chi connectivity index (χ2v) is 10.1. The number of piperazine rings is 1. The van der Waals surface area contributed by atoms with Gasteiger partial charge in [0.1, 0.15) is 18.5 Å². The first-order valence-electron chi connectivity index (χ1n) is 11.7.